The van der Waals surface area contributed by atoms with Crippen LogP contribution in [0.5, 0.6) is 17.2 Å². The second-order valence-corrected chi connectivity index (χ2v) is 13.0. The number of likely N-dealkylation sites (tertiary alicyclic amines) is 1. The lowest BCUT2D eigenvalue weighted by Gasteiger charge is -2.36. The zero-order chi connectivity index (χ0) is 29.7. The first-order valence-corrected chi connectivity index (χ1v) is 16.4. The smallest absolute Gasteiger partial charge is 0.329 e. The Morgan fingerprint density at radius 2 is 1.62 bits per heavy atom. The SMILES string of the molecule is CCOC(=O)C1c2c(Br)ccc(OCCN3CCCCC3)c2CCN1S(=O)(=O)c1ccc(Oc2ccc(F)cc2)cc1. The summed E-state index contributed by atoms with van der Waals surface area (Å²) in [5, 5.41) is 0. The minimum absolute atomic E-state index is 0.0109. The fourth-order valence-electron chi connectivity index (χ4n) is 5.44. The van der Waals surface area contributed by atoms with Crippen molar-refractivity contribution >= 4 is 31.9 Å². The average Bonchev–Trinajstić information content (AvgIpc) is 3.00. The first-order chi connectivity index (χ1) is 20.3. The third-order valence-electron chi connectivity index (χ3n) is 7.51. The van der Waals surface area contributed by atoms with Crippen LogP contribution >= 0.6 is 15.9 Å². The molecule has 8 nitrogen and oxygen atoms in total. The number of hydrogen-bond donors (Lipinski definition) is 0. The predicted octanol–water partition coefficient (Wildman–Crippen LogP) is 6.10. The zero-order valence-corrected chi connectivity index (χ0v) is 25.8. The van der Waals surface area contributed by atoms with E-state index in [1.807, 2.05) is 6.07 Å². The van der Waals surface area contributed by atoms with Gasteiger partial charge in [-0.1, -0.05) is 22.4 Å². The fraction of sp³-hybridized carbons (Fsp3) is 0.387. The minimum atomic E-state index is -4.11. The Morgan fingerprint density at radius 3 is 2.29 bits per heavy atom. The number of hydrogen-bond acceptors (Lipinski definition) is 7. The highest BCUT2D eigenvalue weighted by Crippen LogP contribution is 2.43. The van der Waals surface area contributed by atoms with Gasteiger partial charge < -0.3 is 14.2 Å². The summed E-state index contributed by atoms with van der Waals surface area (Å²) >= 11 is 3.57. The van der Waals surface area contributed by atoms with Crippen LogP contribution in [0.4, 0.5) is 4.39 Å². The zero-order valence-electron chi connectivity index (χ0n) is 23.4. The number of nitrogens with zero attached hydrogens (tertiary/aromatic N) is 2. The largest absolute Gasteiger partial charge is 0.492 e. The van der Waals surface area contributed by atoms with E-state index < -0.39 is 22.0 Å². The molecule has 0 bridgehead atoms. The monoisotopic (exact) mass is 660 g/mol. The molecule has 0 N–H and O–H groups in total. The second kappa shape index (κ2) is 13.5. The van der Waals surface area contributed by atoms with Gasteiger partial charge in [0.25, 0.3) is 0 Å². The van der Waals surface area contributed by atoms with Crippen molar-refractivity contribution in [2.24, 2.45) is 0 Å². The molecule has 5 rings (SSSR count). The molecule has 0 radical (unpaired) electrons. The molecular formula is C31H34BrFN2O6S. The third kappa shape index (κ3) is 6.80. The molecule has 1 fully saturated rings. The maximum Gasteiger partial charge on any atom is 0.329 e. The van der Waals surface area contributed by atoms with Gasteiger partial charge in [0, 0.05) is 28.7 Å². The Bertz CT molecular complexity index is 1500. The van der Waals surface area contributed by atoms with Gasteiger partial charge in [0.1, 0.15) is 35.7 Å². The van der Waals surface area contributed by atoms with Crippen molar-refractivity contribution in [2.45, 2.75) is 43.5 Å². The van der Waals surface area contributed by atoms with Crippen LogP contribution in [0.3, 0.4) is 0 Å². The van der Waals surface area contributed by atoms with Gasteiger partial charge in [-0.05, 0) is 99.9 Å². The van der Waals surface area contributed by atoms with Crippen LogP contribution in [-0.2, 0) is 26.0 Å². The summed E-state index contributed by atoms with van der Waals surface area (Å²) in [5.74, 6) is 0.426. The van der Waals surface area contributed by atoms with E-state index in [1.54, 1.807) is 13.0 Å². The molecule has 1 unspecified atom stereocenters. The van der Waals surface area contributed by atoms with Crippen LogP contribution in [0.15, 0.2) is 70.0 Å². The van der Waals surface area contributed by atoms with Crippen LogP contribution in [0.25, 0.3) is 0 Å². The van der Waals surface area contributed by atoms with Crippen molar-refractivity contribution in [1.82, 2.24) is 9.21 Å². The predicted molar refractivity (Wildman–Crippen MR) is 160 cm³/mol. The van der Waals surface area contributed by atoms with Crippen molar-refractivity contribution in [3.63, 3.8) is 0 Å². The summed E-state index contributed by atoms with van der Waals surface area (Å²) in [7, 11) is -4.11. The first kappa shape index (κ1) is 30.5. The quantitative estimate of drug-likeness (QED) is 0.243. The van der Waals surface area contributed by atoms with E-state index >= 15 is 0 Å². The lowest BCUT2D eigenvalue weighted by Crippen LogP contribution is -2.44. The molecule has 0 aromatic heterocycles. The van der Waals surface area contributed by atoms with E-state index in [4.69, 9.17) is 14.2 Å². The number of fused-ring (bicyclic) bond motifs is 1. The Balaban J connectivity index is 1.40. The summed E-state index contributed by atoms with van der Waals surface area (Å²) in [5.41, 5.74) is 1.34. The van der Waals surface area contributed by atoms with E-state index in [2.05, 4.69) is 20.8 Å². The number of esters is 1. The van der Waals surface area contributed by atoms with Gasteiger partial charge in [0.15, 0.2) is 0 Å². The summed E-state index contributed by atoms with van der Waals surface area (Å²) in [6.45, 7) is 5.33. The lowest BCUT2D eigenvalue weighted by molar-refractivity contribution is -0.148. The molecule has 1 saturated heterocycles. The standard InChI is InChI=1S/C31H34BrFN2O6S/c1-2-39-31(36)30-29-26(28(15-14-27(29)32)40-21-20-34-17-4-3-5-18-34)16-19-35(30)42(37,38)25-12-10-24(11-13-25)41-23-8-6-22(33)7-9-23/h6-15,30H,2-5,16-21H2,1H3. The van der Waals surface area contributed by atoms with Crippen LogP contribution in [0.1, 0.15) is 43.4 Å². The highest BCUT2D eigenvalue weighted by Gasteiger charge is 2.43. The summed E-state index contributed by atoms with van der Waals surface area (Å²) in [6, 6.07) is 13.9. The summed E-state index contributed by atoms with van der Waals surface area (Å²) < 4.78 is 60.2. The number of carbonyl (C=O) groups is 1. The highest BCUT2D eigenvalue weighted by molar-refractivity contribution is 9.10. The van der Waals surface area contributed by atoms with Crippen LogP contribution in [0.2, 0.25) is 0 Å². The molecule has 0 spiro atoms. The molecular weight excluding hydrogens is 627 g/mol. The number of sulfonamides is 1. The molecule has 3 aromatic rings. The summed E-state index contributed by atoms with van der Waals surface area (Å²) in [4.78, 5) is 15.8. The second-order valence-electron chi connectivity index (χ2n) is 10.2. The number of carbonyl (C=O) groups excluding carboxylic acids is 1. The fourth-order valence-corrected chi connectivity index (χ4v) is 7.58. The maximum absolute atomic E-state index is 14.0. The van der Waals surface area contributed by atoms with Crippen LogP contribution in [0, 0.1) is 5.82 Å². The molecule has 224 valence electrons. The lowest BCUT2D eigenvalue weighted by atomic mass is 9.93. The number of piperidine rings is 1. The molecule has 0 saturated carbocycles. The highest BCUT2D eigenvalue weighted by atomic mass is 79.9. The molecule has 0 aliphatic carbocycles. The van der Waals surface area contributed by atoms with Crippen molar-refractivity contribution in [1.29, 1.82) is 0 Å². The Morgan fingerprint density at radius 1 is 0.952 bits per heavy atom. The molecule has 3 aromatic carbocycles. The van der Waals surface area contributed by atoms with Crippen molar-refractivity contribution < 1.29 is 31.8 Å². The molecule has 1 atom stereocenters. The number of rotatable bonds is 10. The van der Waals surface area contributed by atoms with Crippen molar-refractivity contribution in [3.8, 4) is 17.2 Å². The summed E-state index contributed by atoms with van der Waals surface area (Å²) in [6.07, 6.45) is 4.03. The van der Waals surface area contributed by atoms with Gasteiger partial charge in [-0.3, -0.25) is 4.90 Å². The van der Waals surface area contributed by atoms with E-state index in [0.29, 0.717) is 40.3 Å². The Hall–Kier alpha value is -2.99. The first-order valence-electron chi connectivity index (χ1n) is 14.2. The van der Waals surface area contributed by atoms with E-state index in [0.717, 1.165) is 25.2 Å². The molecule has 0 amide bonds. The molecule has 2 aliphatic heterocycles. The third-order valence-corrected chi connectivity index (χ3v) is 10.1. The number of ether oxygens (including phenoxy) is 3. The average molecular weight is 662 g/mol. The van der Waals surface area contributed by atoms with Gasteiger partial charge in [0.2, 0.25) is 10.0 Å². The molecule has 11 heteroatoms. The number of halogens is 2. The van der Waals surface area contributed by atoms with Gasteiger partial charge in [0.05, 0.1) is 11.5 Å². The van der Waals surface area contributed by atoms with E-state index in [1.165, 1.54) is 72.1 Å². The normalized spacial score (nSPS) is 17.8. The minimum Gasteiger partial charge on any atom is -0.492 e. The van der Waals surface area contributed by atoms with Crippen molar-refractivity contribution in [3.05, 3.63) is 82.1 Å². The van der Waals surface area contributed by atoms with Gasteiger partial charge in [-0.2, -0.15) is 4.31 Å². The molecule has 42 heavy (non-hydrogen) atoms. The van der Waals surface area contributed by atoms with Gasteiger partial charge >= 0.3 is 5.97 Å². The van der Waals surface area contributed by atoms with Crippen LogP contribution in [-0.4, -0.2) is 63.0 Å². The maximum atomic E-state index is 14.0. The number of benzene rings is 3. The Kier molecular flexibility index (Phi) is 9.82. The Labute approximate surface area is 254 Å². The van der Waals surface area contributed by atoms with Gasteiger partial charge in [-0.15, -0.1) is 0 Å². The van der Waals surface area contributed by atoms with E-state index in [9.17, 15) is 17.6 Å². The van der Waals surface area contributed by atoms with E-state index in [-0.39, 0.29) is 23.9 Å². The molecule has 2 aliphatic rings. The topological polar surface area (TPSA) is 85.4 Å². The molecule has 2 heterocycles. The van der Waals surface area contributed by atoms with Gasteiger partial charge in [-0.25, -0.2) is 17.6 Å². The van der Waals surface area contributed by atoms with Crippen molar-refractivity contribution in [2.75, 3.05) is 39.4 Å². The van der Waals surface area contributed by atoms with Crippen LogP contribution < -0.4 is 9.47 Å².